The summed E-state index contributed by atoms with van der Waals surface area (Å²) in [6, 6.07) is 7.04. The lowest BCUT2D eigenvalue weighted by atomic mass is 10.0. The summed E-state index contributed by atoms with van der Waals surface area (Å²) in [5.74, 6) is 0.131. The number of benzene rings is 1. The molecule has 3 nitrogen and oxygen atoms in total. The molecule has 0 unspecified atom stereocenters. The highest BCUT2D eigenvalue weighted by Crippen LogP contribution is 2.16. The molecule has 0 amide bonds. The molecule has 0 aliphatic heterocycles. The Morgan fingerprint density at radius 1 is 1.16 bits per heavy atom. The number of methoxy groups -OCH3 is 1. The van der Waals surface area contributed by atoms with Gasteiger partial charge < -0.3 is 4.74 Å². The zero-order valence-electron chi connectivity index (χ0n) is 11.9. The van der Waals surface area contributed by atoms with Crippen molar-refractivity contribution in [3.05, 3.63) is 41.5 Å². The normalized spacial score (nSPS) is 11.5. The van der Waals surface area contributed by atoms with Gasteiger partial charge in [-0.05, 0) is 42.2 Å². The van der Waals surface area contributed by atoms with Gasteiger partial charge in [0, 0.05) is 6.42 Å². The van der Waals surface area contributed by atoms with Crippen molar-refractivity contribution in [1.82, 2.24) is 0 Å². The molecule has 19 heavy (non-hydrogen) atoms. The quantitative estimate of drug-likeness (QED) is 0.601. The molecule has 0 aliphatic carbocycles. The Hall–Kier alpha value is -1.90. The van der Waals surface area contributed by atoms with Crippen LogP contribution in [0.2, 0.25) is 0 Å². The summed E-state index contributed by atoms with van der Waals surface area (Å²) >= 11 is 0. The standard InChI is InChI=1S/C16H20O3/c1-11(2)9-15(17)10-12(3)13-5-7-14(8-6-13)16(18)19-4/h5-8,10-11H,9H2,1-4H3/b12-10+. The van der Waals surface area contributed by atoms with Crippen LogP contribution in [0.5, 0.6) is 0 Å². The molecule has 0 radical (unpaired) electrons. The van der Waals surface area contributed by atoms with Crippen LogP contribution in [0.25, 0.3) is 5.57 Å². The van der Waals surface area contributed by atoms with Crippen molar-refractivity contribution in [2.75, 3.05) is 7.11 Å². The molecule has 0 saturated heterocycles. The van der Waals surface area contributed by atoms with E-state index in [2.05, 4.69) is 4.74 Å². The summed E-state index contributed by atoms with van der Waals surface area (Å²) in [6.45, 7) is 5.93. The van der Waals surface area contributed by atoms with Crippen LogP contribution in [-0.4, -0.2) is 18.9 Å². The van der Waals surface area contributed by atoms with E-state index >= 15 is 0 Å². The first kappa shape index (κ1) is 15.2. The molecule has 0 heterocycles. The molecule has 0 saturated carbocycles. The lowest BCUT2D eigenvalue weighted by Crippen LogP contribution is -2.01. The Balaban J connectivity index is 2.83. The van der Waals surface area contributed by atoms with Crippen LogP contribution < -0.4 is 0 Å². The number of carbonyl (C=O) groups is 2. The maximum Gasteiger partial charge on any atom is 0.337 e. The molecule has 0 atom stereocenters. The Morgan fingerprint density at radius 2 is 1.68 bits per heavy atom. The number of allylic oxidation sites excluding steroid dienone is 2. The highest BCUT2D eigenvalue weighted by Gasteiger charge is 2.06. The van der Waals surface area contributed by atoms with Crippen molar-refractivity contribution in [1.29, 1.82) is 0 Å². The fourth-order valence-corrected chi connectivity index (χ4v) is 1.77. The highest BCUT2D eigenvalue weighted by molar-refractivity contribution is 5.96. The molecule has 0 bridgehead atoms. The molecule has 0 fully saturated rings. The van der Waals surface area contributed by atoms with Gasteiger partial charge in [-0.15, -0.1) is 0 Å². The lowest BCUT2D eigenvalue weighted by molar-refractivity contribution is -0.115. The zero-order chi connectivity index (χ0) is 14.4. The zero-order valence-corrected chi connectivity index (χ0v) is 11.9. The maximum atomic E-state index is 11.7. The van der Waals surface area contributed by atoms with E-state index in [1.54, 1.807) is 18.2 Å². The molecule has 1 rings (SSSR count). The third-order valence-corrected chi connectivity index (χ3v) is 2.75. The van der Waals surface area contributed by atoms with Gasteiger partial charge in [-0.25, -0.2) is 4.79 Å². The number of carbonyl (C=O) groups excluding carboxylic acids is 2. The van der Waals surface area contributed by atoms with Gasteiger partial charge in [0.15, 0.2) is 5.78 Å². The Bertz CT molecular complexity index is 481. The number of rotatable bonds is 5. The molecule has 0 aliphatic rings. The average Bonchev–Trinajstić information content (AvgIpc) is 2.36. The van der Waals surface area contributed by atoms with Gasteiger partial charge in [0.2, 0.25) is 0 Å². The van der Waals surface area contributed by atoms with E-state index in [0.29, 0.717) is 17.9 Å². The first-order valence-electron chi connectivity index (χ1n) is 6.34. The van der Waals surface area contributed by atoms with Gasteiger partial charge in [-0.1, -0.05) is 26.0 Å². The molecule has 3 heteroatoms. The fraction of sp³-hybridized carbons (Fsp3) is 0.375. The molecule has 0 spiro atoms. The van der Waals surface area contributed by atoms with Gasteiger partial charge in [0.25, 0.3) is 0 Å². The van der Waals surface area contributed by atoms with Gasteiger partial charge in [0.05, 0.1) is 12.7 Å². The highest BCUT2D eigenvalue weighted by atomic mass is 16.5. The van der Waals surface area contributed by atoms with Crippen molar-refractivity contribution in [3.63, 3.8) is 0 Å². The van der Waals surface area contributed by atoms with E-state index in [-0.39, 0.29) is 11.8 Å². The van der Waals surface area contributed by atoms with Gasteiger partial charge in [-0.3, -0.25) is 4.79 Å². The Kier molecular flexibility index (Phi) is 5.49. The minimum Gasteiger partial charge on any atom is -0.465 e. The van der Waals surface area contributed by atoms with Crippen LogP contribution in [0.4, 0.5) is 0 Å². The first-order valence-corrected chi connectivity index (χ1v) is 6.34. The van der Waals surface area contributed by atoms with Crippen molar-refractivity contribution < 1.29 is 14.3 Å². The van der Waals surface area contributed by atoms with E-state index in [0.717, 1.165) is 11.1 Å². The van der Waals surface area contributed by atoms with E-state index < -0.39 is 0 Å². The van der Waals surface area contributed by atoms with Gasteiger partial charge in [-0.2, -0.15) is 0 Å². The second kappa shape index (κ2) is 6.88. The third kappa shape index (κ3) is 4.70. The molecular formula is C16H20O3. The van der Waals surface area contributed by atoms with Crippen molar-refractivity contribution in [2.24, 2.45) is 5.92 Å². The van der Waals surface area contributed by atoms with Crippen LogP contribution in [-0.2, 0) is 9.53 Å². The van der Waals surface area contributed by atoms with E-state index in [4.69, 9.17) is 0 Å². The summed E-state index contributed by atoms with van der Waals surface area (Å²) < 4.78 is 4.64. The van der Waals surface area contributed by atoms with Crippen LogP contribution >= 0.6 is 0 Å². The lowest BCUT2D eigenvalue weighted by Gasteiger charge is -2.04. The molecule has 1 aromatic carbocycles. The van der Waals surface area contributed by atoms with Crippen LogP contribution in [0.15, 0.2) is 30.3 Å². The monoisotopic (exact) mass is 260 g/mol. The summed E-state index contributed by atoms with van der Waals surface area (Å²) in [6.07, 6.45) is 2.21. The SMILES string of the molecule is COC(=O)c1ccc(/C(C)=C/C(=O)CC(C)C)cc1. The van der Waals surface area contributed by atoms with E-state index in [1.807, 2.05) is 32.9 Å². The number of ketones is 1. The van der Waals surface area contributed by atoms with Crippen molar-refractivity contribution >= 4 is 17.3 Å². The topological polar surface area (TPSA) is 43.4 Å². The van der Waals surface area contributed by atoms with Crippen molar-refractivity contribution in [3.8, 4) is 0 Å². The molecular weight excluding hydrogens is 240 g/mol. The molecule has 1 aromatic rings. The Labute approximate surface area is 114 Å². The number of ether oxygens (including phenoxy) is 1. The van der Waals surface area contributed by atoms with Crippen molar-refractivity contribution in [2.45, 2.75) is 27.2 Å². The first-order chi connectivity index (χ1) is 8.93. The predicted octanol–water partition coefficient (Wildman–Crippen LogP) is 3.49. The summed E-state index contributed by atoms with van der Waals surface area (Å²) in [5.41, 5.74) is 2.35. The maximum absolute atomic E-state index is 11.7. The third-order valence-electron chi connectivity index (χ3n) is 2.75. The van der Waals surface area contributed by atoms with Crippen LogP contribution in [0.3, 0.4) is 0 Å². The van der Waals surface area contributed by atoms with Crippen LogP contribution in [0.1, 0.15) is 43.1 Å². The summed E-state index contributed by atoms with van der Waals surface area (Å²) in [4.78, 5) is 23.0. The predicted molar refractivity (Wildman–Crippen MR) is 75.9 cm³/mol. The fourth-order valence-electron chi connectivity index (χ4n) is 1.77. The summed E-state index contributed by atoms with van der Waals surface area (Å²) in [5, 5.41) is 0. The number of esters is 1. The molecule has 0 aromatic heterocycles. The molecule has 102 valence electrons. The second-order valence-electron chi connectivity index (χ2n) is 4.96. The molecule has 0 N–H and O–H groups in total. The minimum atomic E-state index is -0.357. The van der Waals surface area contributed by atoms with Gasteiger partial charge >= 0.3 is 5.97 Å². The second-order valence-corrected chi connectivity index (χ2v) is 4.96. The minimum absolute atomic E-state index is 0.129. The largest absolute Gasteiger partial charge is 0.465 e. The number of hydrogen-bond donors (Lipinski definition) is 0. The average molecular weight is 260 g/mol. The van der Waals surface area contributed by atoms with Gasteiger partial charge in [0.1, 0.15) is 0 Å². The summed E-state index contributed by atoms with van der Waals surface area (Å²) in [7, 11) is 1.35. The van der Waals surface area contributed by atoms with Crippen LogP contribution in [0, 0.1) is 5.92 Å². The number of hydrogen-bond acceptors (Lipinski definition) is 3. The van der Waals surface area contributed by atoms with E-state index in [9.17, 15) is 9.59 Å². The Morgan fingerprint density at radius 3 is 2.16 bits per heavy atom. The smallest absolute Gasteiger partial charge is 0.337 e. The van der Waals surface area contributed by atoms with E-state index in [1.165, 1.54) is 7.11 Å².